The summed E-state index contributed by atoms with van der Waals surface area (Å²) in [6.45, 7) is 3.46. The van der Waals surface area contributed by atoms with Crippen LogP contribution in [0.3, 0.4) is 0 Å². The first kappa shape index (κ1) is 15.9. The van der Waals surface area contributed by atoms with Gasteiger partial charge in [-0.3, -0.25) is 4.79 Å². The molecular weight excluding hydrogens is 218 g/mol. The Kier molecular flexibility index (Phi) is 9.40. The van der Waals surface area contributed by atoms with Crippen LogP contribution in [-0.4, -0.2) is 43.7 Å². The molecule has 0 heterocycles. The van der Waals surface area contributed by atoms with Crippen molar-refractivity contribution in [1.82, 2.24) is 4.90 Å². The third-order valence-electron chi connectivity index (χ3n) is 2.56. The Balaban J connectivity index is 4.23. The number of hydrogen-bond acceptors (Lipinski definition) is 4. The number of nitriles is 1. The maximum Gasteiger partial charge on any atom is 0.239 e. The van der Waals surface area contributed by atoms with Gasteiger partial charge in [-0.15, -0.1) is 0 Å². The van der Waals surface area contributed by atoms with Crippen LogP contribution in [-0.2, 0) is 9.53 Å². The number of carbonyl (C=O) groups excluding carboxylic acids is 1. The number of carbonyl (C=O) groups is 1. The van der Waals surface area contributed by atoms with Gasteiger partial charge < -0.3 is 15.4 Å². The summed E-state index contributed by atoms with van der Waals surface area (Å²) in [6, 6.07) is 1.58. The molecule has 0 rings (SSSR count). The van der Waals surface area contributed by atoms with Crippen LogP contribution in [0.2, 0.25) is 0 Å². The van der Waals surface area contributed by atoms with Crippen LogP contribution in [0.1, 0.15) is 32.6 Å². The second-order valence-electron chi connectivity index (χ2n) is 3.97. The molecule has 0 aromatic heterocycles. The van der Waals surface area contributed by atoms with Crippen LogP contribution < -0.4 is 5.73 Å². The van der Waals surface area contributed by atoms with Crippen molar-refractivity contribution < 1.29 is 9.53 Å². The summed E-state index contributed by atoms with van der Waals surface area (Å²) in [5.74, 6) is -0.0780. The quantitative estimate of drug-likeness (QED) is 0.650. The maximum atomic E-state index is 12.0. The van der Waals surface area contributed by atoms with E-state index in [-0.39, 0.29) is 5.91 Å². The molecule has 0 aromatic carbocycles. The number of ether oxygens (including phenoxy) is 1. The topological polar surface area (TPSA) is 79.4 Å². The van der Waals surface area contributed by atoms with E-state index in [0.717, 1.165) is 12.8 Å². The highest BCUT2D eigenvalue weighted by Gasteiger charge is 2.19. The Hall–Kier alpha value is -1.12. The van der Waals surface area contributed by atoms with Gasteiger partial charge in [-0.1, -0.05) is 19.8 Å². The highest BCUT2D eigenvalue weighted by Crippen LogP contribution is 2.03. The zero-order valence-corrected chi connectivity index (χ0v) is 10.8. The largest absolute Gasteiger partial charge is 0.383 e. The summed E-state index contributed by atoms with van der Waals surface area (Å²) >= 11 is 0. The van der Waals surface area contributed by atoms with Gasteiger partial charge >= 0.3 is 0 Å². The highest BCUT2D eigenvalue weighted by atomic mass is 16.5. The van der Waals surface area contributed by atoms with Crippen LogP contribution in [0.15, 0.2) is 0 Å². The second-order valence-corrected chi connectivity index (χ2v) is 3.97. The van der Waals surface area contributed by atoms with Crippen LogP contribution >= 0.6 is 0 Å². The Morgan fingerprint density at radius 2 is 2.24 bits per heavy atom. The summed E-state index contributed by atoms with van der Waals surface area (Å²) in [4.78, 5) is 13.6. The van der Waals surface area contributed by atoms with Gasteiger partial charge in [0.2, 0.25) is 5.91 Å². The summed E-state index contributed by atoms with van der Waals surface area (Å²) in [6.07, 6.45) is 3.00. The third-order valence-corrected chi connectivity index (χ3v) is 2.56. The number of nitrogens with zero attached hydrogens (tertiary/aromatic N) is 2. The molecule has 0 bridgehead atoms. The number of methoxy groups -OCH3 is 1. The van der Waals surface area contributed by atoms with Crippen molar-refractivity contribution in [2.24, 2.45) is 5.73 Å². The highest BCUT2D eigenvalue weighted by molar-refractivity contribution is 5.81. The third kappa shape index (κ3) is 6.93. The van der Waals surface area contributed by atoms with E-state index in [2.05, 4.69) is 6.92 Å². The van der Waals surface area contributed by atoms with Crippen LogP contribution in [0, 0.1) is 11.3 Å². The molecule has 98 valence electrons. The second kappa shape index (κ2) is 10.1. The van der Waals surface area contributed by atoms with Gasteiger partial charge in [0.1, 0.15) is 0 Å². The maximum absolute atomic E-state index is 12.0. The van der Waals surface area contributed by atoms with Gasteiger partial charge in [-0.25, -0.2) is 0 Å². The first-order valence-electron chi connectivity index (χ1n) is 6.07. The van der Waals surface area contributed by atoms with Crippen LogP contribution in [0.4, 0.5) is 0 Å². The van der Waals surface area contributed by atoms with Crippen molar-refractivity contribution in [2.75, 3.05) is 26.8 Å². The molecule has 0 fully saturated rings. The van der Waals surface area contributed by atoms with Crippen LogP contribution in [0.25, 0.3) is 0 Å². The van der Waals surface area contributed by atoms with E-state index in [1.807, 2.05) is 6.07 Å². The van der Waals surface area contributed by atoms with Crippen molar-refractivity contribution in [3.05, 3.63) is 0 Å². The van der Waals surface area contributed by atoms with Crippen molar-refractivity contribution in [3.8, 4) is 6.07 Å². The molecule has 2 N–H and O–H groups in total. The molecule has 0 aliphatic rings. The lowest BCUT2D eigenvalue weighted by Gasteiger charge is -2.24. The Morgan fingerprint density at radius 3 is 2.76 bits per heavy atom. The molecule has 1 unspecified atom stereocenters. The standard InChI is InChI=1S/C12H23N3O2/c1-3-4-6-11(14)12(16)15(8-5-7-13)9-10-17-2/h11H,3-6,8-10,14H2,1-2H3. The van der Waals surface area contributed by atoms with Crippen LogP contribution in [0.5, 0.6) is 0 Å². The molecule has 0 radical (unpaired) electrons. The van der Waals surface area contributed by atoms with E-state index in [4.69, 9.17) is 15.7 Å². The fraction of sp³-hybridized carbons (Fsp3) is 0.833. The minimum absolute atomic E-state index is 0.0780. The first-order valence-corrected chi connectivity index (χ1v) is 6.07. The summed E-state index contributed by atoms with van der Waals surface area (Å²) in [5, 5.41) is 8.55. The predicted octanol–water partition coefficient (Wildman–Crippen LogP) is 0.893. The zero-order valence-electron chi connectivity index (χ0n) is 10.8. The number of rotatable bonds is 9. The summed E-state index contributed by atoms with van der Waals surface area (Å²) < 4.78 is 4.95. The number of nitrogens with two attached hydrogens (primary N) is 1. The van der Waals surface area contributed by atoms with Crippen molar-refractivity contribution >= 4 is 5.91 Å². The first-order chi connectivity index (χ1) is 8.17. The summed E-state index contributed by atoms with van der Waals surface area (Å²) in [5.41, 5.74) is 5.83. The molecule has 5 nitrogen and oxygen atoms in total. The zero-order chi connectivity index (χ0) is 13.1. The lowest BCUT2D eigenvalue weighted by atomic mass is 10.1. The smallest absolute Gasteiger partial charge is 0.239 e. The predicted molar refractivity (Wildman–Crippen MR) is 66.2 cm³/mol. The average Bonchev–Trinajstić information content (AvgIpc) is 2.35. The fourth-order valence-electron chi connectivity index (χ4n) is 1.50. The number of unbranched alkanes of at least 4 members (excludes halogenated alkanes) is 1. The lowest BCUT2D eigenvalue weighted by molar-refractivity contribution is -0.133. The number of amides is 1. The molecular formula is C12H23N3O2. The van der Waals surface area contributed by atoms with E-state index in [1.54, 1.807) is 12.0 Å². The fourth-order valence-corrected chi connectivity index (χ4v) is 1.50. The van der Waals surface area contributed by atoms with Gasteiger partial charge in [-0.2, -0.15) is 5.26 Å². The molecule has 17 heavy (non-hydrogen) atoms. The molecule has 0 saturated heterocycles. The van der Waals surface area contributed by atoms with Gasteiger partial charge in [-0.05, 0) is 6.42 Å². The van der Waals surface area contributed by atoms with Crippen molar-refractivity contribution in [2.45, 2.75) is 38.6 Å². The van der Waals surface area contributed by atoms with Crippen molar-refractivity contribution in [3.63, 3.8) is 0 Å². The molecule has 1 atom stereocenters. The minimum atomic E-state index is -0.453. The molecule has 5 heteroatoms. The van der Waals surface area contributed by atoms with E-state index in [1.165, 1.54) is 0 Å². The average molecular weight is 241 g/mol. The molecule has 0 aliphatic carbocycles. The SMILES string of the molecule is CCCCC(N)C(=O)N(CCC#N)CCOC. The Morgan fingerprint density at radius 1 is 1.53 bits per heavy atom. The Labute approximate surface area is 104 Å². The normalized spacial score (nSPS) is 11.9. The number of hydrogen-bond donors (Lipinski definition) is 1. The minimum Gasteiger partial charge on any atom is -0.383 e. The molecule has 0 spiro atoms. The summed E-state index contributed by atoms with van der Waals surface area (Å²) in [7, 11) is 1.59. The Bertz CT molecular complexity index is 251. The van der Waals surface area contributed by atoms with Gasteiger partial charge in [0.25, 0.3) is 0 Å². The monoisotopic (exact) mass is 241 g/mol. The molecule has 0 saturated carbocycles. The molecule has 0 aliphatic heterocycles. The van der Waals surface area contributed by atoms with E-state index < -0.39 is 6.04 Å². The van der Waals surface area contributed by atoms with E-state index in [0.29, 0.717) is 32.5 Å². The van der Waals surface area contributed by atoms with Gasteiger partial charge in [0.05, 0.1) is 25.1 Å². The van der Waals surface area contributed by atoms with E-state index in [9.17, 15) is 4.79 Å². The van der Waals surface area contributed by atoms with Crippen molar-refractivity contribution in [1.29, 1.82) is 5.26 Å². The van der Waals surface area contributed by atoms with E-state index >= 15 is 0 Å². The van der Waals surface area contributed by atoms with Gasteiger partial charge in [0.15, 0.2) is 0 Å². The molecule has 1 amide bonds. The van der Waals surface area contributed by atoms with Gasteiger partial charge in [0, 0.05) is 20.2 Å². The lowest BCUT2D eigenvalue weighted by Crippen LogP contribution is -2.45. The molecule has 0 aromatic rings.